The van der Waals surface area contributed by atoms with Crippen LogP contribution >= 0.6 is 0 Å². The molecule has 0 atom stereocenters. The van der Waals surface area contributed by atoms with E-state index >= 15 is 0 Å². The molecule has 0 aromatic heterocycles. The third kappa shape index (κ3) is 3.76. The molecule has 0 spiro atoms. The Hall–Kier alpha value is -0.800. The molecule has 4 heteroatoms. The summed E-state index contributed by atoms with van der Waals surface area (Å²) >= 11 is 0. The average Bonchev–Trinajstić information content (AvgIpc) is 1.63. The van der Waals surface area contributed by atoms with Crippen LogP contribution in [0.1, 0.15) is 6.92 Å². The van der Waals surface area contributed by atoms with Gasteiger partial charge in [-0.2, -0.15) is 17.6 Å². The van der Waals surface area contributed by atoms with Crippen LogP contribution in [0.5, 0.6) is 0 Å². The molecule has 9 heavy (non-hydrogen) atoms. The molecule has 0 aliphatic heterocycles. The van der Waals surface area contributed by atoms with Crippen LogP contribution in [-0.2, 0) is 0 Å². The fraction of sp³-hybridized carbons (Fsp3) is 0.200. The SMILES string of the molecule is CC(C=C(F)F)=C(F)F. The molecule has 0 saturated carbocycles. The van der Waals surface area contributed by atoms with Gasteiger partial charge in [0.15, 0.2) is 0 Å². The van der Waals surface area contributed by atoms with E-state index in [1.54, 1.807) is 0 Å². The van der Waals surface area contributed by atoms with E-state index in [2.05, 4.69) is 0 Å². The zero-order chi connectivity index (χ0) is 7.44. The zero-order valence-corrected chi connectivity index (χ0v) is 4.59. The number of halogens is 4. The smallest absolute Gasteiger partial charge is 0.173 e. The van der Waals surface area contributed by atoms with Crippen LogP contribution in [0.15, 0.2) is 23.8 Å². The van der Waals surface area contributed by atoms with Crippen LogP contribution in [0.2, 0.25) is 0 Å². The molecule has 0 nitrogen and oxygen atoms in total. The number of hydrogen-bond acceptors (Lipinski definition) is 0. The van der Waals surface area contributed by atoms with Crippen molar-refractivity contribution >= 4 is 0 Å². The predicted molar refractivity (Wildman–Crippen MR) is 25.2 cm³/mol. The van der Waals surface area contributed by atoms with Gasteiger partial charge < -0.3 is 0 Å². The predicted octanol–water partition coefficient (Wildman–Crippen LogP) is 2.94. The minimum atomic E-state index is -2.11. The summed E-state index contributed by atoms with van der Waals surface area (Å²) in [4.78, 5) is 0. The third-order valence-electron chi connectivity index (χ3n) is 0.624. The van der Waals surface area contributed by atoms with Crippen LogP contribution < -0.4 is 0 Å². The fourth-order valence-electron chi connectivity index (χ4n) is 0.218. The molecule has 0 unspecified atom stereocenters. The molecule has 0 aromatic carbocycles. The van der Waals surface area contributed by atoms with Crippen molar-refractivity contribution in [3.8, 4) is 0 Å². The lowest BCUT2D eigenvalue weighted by Gasteiger charge is -1.84. The van der Waals surface area contributed by atoms with Crippen molar-refractivity contribution in [3.63, 3.8) is 0 Å². The van der Waals surface area contributed by atoms with Crippen LogP contribution in [0, 0.1) is 0 Å². The Morgan fingerprint density at radius 3 is 1.67 bits per heavy atom. The van der Waals surface area contributed by atoms with E-state index in [0.717, 1.165) is 6.92 Å². The Balaban J connectivity index is 4.25. The molecule has 0 N–H and O–H groups in total. The van der Waals surface area contributed by atoms with E-state index in [1.165, 1.54) is 0 Å². The van der Waals surface area contributed by atoms with Gasteiger partial charge in [-0.25, -0.2) is 0 Å². The maximum absolute atomic E-state index is 11.3. The van der Waals surface area contributed by atoms with Crippen molar-refractivity contribution < 1.29 is 17.6 Å². The highest BCUT2D eigenvalue weighted by atomic mass is 19.3. The highest BCUT2D eigenvalue weighted by Gasteiger charge is 1.97. The molecule has 0 fully saturated rings. The van der Waals surface area contributed by atoms with Gasteiger partial charge >= 0.3 is 0 Å². The Kier molecular flexibility index (Phi) is 2.98. The molecule has 0 aliphatic carbocycles. The summed E-state index contributed by atoms with van der Waals surface area (Å²) < 4.78 is 44.9. The van der Waals surface area contributed by atoms with Crippen molar-refractivity contribution in [2.24, 2.45) is 0 Å². The summed E-state index contributed by atoms with van der Waals surface area (Å²) in [7, 11) is 0. The van der Waals surface area contributed by atoms with Gasteiger partial charge in [0.05, 0.1) is 0 Å². The normalized spacial score (nSPS) is 8.56. The molecular weight excluding hydrogens is 136 g/mol. The number of hydrogen-bond donors (Lipinski definition) is 0. The number of allylic oxidation sites excluding steroid dienone is 2. The van der Waals surface area contributed by atoms with Gasteiger partial charge in [-0.05, 0) is 6.92 Å². The van der Waals surface area contributed by atoms with Gasteiger partial charge in [0, 0.05) is 11.6 Å². The van der Waals surface area contributed by atoms with Gasteiger partial charge in [-0.3, -0.25) is 0 Å². The number of rotatable bonds is 1. The highest BCUT2D eigenvalue weighted by Crippen LogP contribution is 2.11. The molecule has 52 valence electrons. The summed E-state index contributed by atoms with van der Waals surface area (Å²) in [6.45, 7) is 0.911. The minimum Gasteiger partial charge on any atom is -0.173 e. The average molecular weight is 140 g/mol. The zero-order valence-electron chi connectivity index (χ0n) is 4.59. The Bertz CT molecular complexity index is 148. The summed E-state index contributed by atoms with van der Waals surface area (Å²) in [6, 6.07) is 0. The van der Waals surface area contributed by atoms with E-state index in [9.17, 15) is 17.6 Å². The molecule has 0 heterocycles. The van der Waals surface area contributed by atoms with Gasteiger partial charge in [-0.15, -0.1) is 0 Å². The van der Waals surface area contributed by atoms with E-state index in [1.807, 2.05) is 0 Å². The molecule has 0 aromatic rings. The van der Waals surface area contributed by atoms with Crippen LogP contribution in [-0.4, -0.2) is 0 Å². The molecule has 0 radical (unpaired) electrons. The van der Waals surface area contributed by atoms with Gasteiger partial charge in [0.25, 0.3) is 12.2 Å². The molecule has 0 bridgehead atoms. The van der Waals surface area contributed by atoms with Gasteiger partial charge in [-0.1, -0.05) is 0 Å². The second-order valence-corrected chi connectivity index (χ2v) is 1.38. The standard InChI is InChI=1S/C5H4F4/c1-3(5(8)9)2-4(6)7/h2H,1H3. The van der Waals surface area contributed by atoms with E-state index in [4.69, 9.17) is 0 Å². The third-order valence-corrected chi connectivity index (χ3v) is 0.624. The first-order valence-electron chi connectivity index (χ1n) is 2.08. The molecule has 0 saturated heterocycles. The molecule has 0 rings (SSSR count). The Morgan fingerprint density at radius 2 is 1.56 bits per heavy atom. The van der Waals surface area contributed by atoms with Gasteiger partial charge in [0.2, 0.25) is 0 Å². The van der Waals surface area contributed by atoms with E-state index in [0.29, 0.717) is 0 Å². The Labute approximate surface area is 49.5 Å². The second-order valence-electron chi connectivity index (χ2n) is 1.38. The summed E-state index contributed by atoms with van der Waals surface area (Å²) in [5, 5.41) is 0. The topological polar surface area (TPSA) is 0 Å². The molecule has 0 aliphatic rings. The Morgan fingerprint density at radius 1 is 1.11 bits per heavy atom. The summed E-state index contributed by atoms with van der Waals surface area (Å²) in [5.74, 6) is 0. The first-order valence-corrected chi connectivity index (χ1v) is 2.08. The van der Waals surface area contributed by atoms with Crippen molar-refractivity contribution in [1.82, 2.24) is 0 Å². The monoisotopic (exact) mass is 140 g/mol. The minimum absolute atomic E-state index is 0.120. The first-order chi connectivity index (χ1) is 4.04. The maximum atomic E-state index is 11.3. The van der Waals surface area contributed by atoms with Gasteiger partial charge in [0.1, 0.15) is 0 Å². The van der Waals surface area contributed by atoms with E-state index in [-0.39, 0.29) is 6.08 Å². The first kappa shape index (κ1) is 8.20. The van der Waals surface area contributed by atoms with Crippen molar-refractivity contribution in [3.05, 3.63) is 23.8 Å². The lowest BCUT2D eigenvalue weighted by atomic mass is 10.3. The van der Waals surface area contributed by atoms with Crippen LogP contribution in [0.3, 0.4) is 0 Å². The van der Waals surface area contributed by atoms with Crippen LogP contribution in [0.4, 0.5) is 17.6 Å². The fourth-order valence-corrected chi connectivity index (χ4v) is 0.218. The largest absolute Gasteiger partial charge is 0.273 e. The lowest BCUT2D eigenvalue weighted by molar-refractivity contribution is 0.404. The van der Waals surface area contributed by atoms with E-state index < -0.39 is 17.7 Å². The van der Waals surface area contributed by atoms with Crippen molar-refractivity contribution in [1.29, 1.82) is 0 Å². The molecule has 0 amide bonds. The van der Waals surface area contributed by atoms with Crippen molar-refractivity contribution in [2.75, 3.05) is 0 Å². The van der Waals surface area contributed by atoms with Crippen molar-refractivity contribution in [2.45, 2.75) is 6.92 Å². The highest BCUT2D eigenvalue weighted by molar-refractivity contribution is 5.16. The second kappa shape index (κ2) is 3.27. The quantitative estimate of drug-likeness (QED) is 0.388. The molecular formula is C5H4F4. The summed E-state index contributed by atoms with van der Waals surface area (Å²) in [6.07, 6.45) is -4.07. The maximum Gasteiger partial charge on any atom is 0.273 e. The lowest BCUT2D eigenvalue weighted by Crippen LogP contribution is -1.70. The van der Waals surface area contributed by atoms with Crippen LogP contribution in [0.25, 0.3) is 0 Å². The summed E-state index contributed by atoms with van der Waals surface area (Å²) in [5.41, 5.74) is -0.699.